The molecule has 0 atom stereocenters. The van der Waals surface area contributed by atoms with E-state index in [4.69, 9.17) is 10.8 Å². The van der Waals surface area contributed by atoms with Gasteiger partial charge >= 0.3 is 0 Å². The zero-order valence-electron chi connectivity index (χ0n) is 13.9. The number of carbonyl (C=O) groups is 1. The number of ketones is 1. The number of benzene rings is 1. The lowest BCUT2D eigenvalue weighted by molar-refractivity contribution is -0.113. The van der Waals surface area contributed by atoms with Gasteiger partial charge in [-0.25, -0.2) is 10.4 Å². The predicted octanol–water partition coefficient (Wildman–Crippen LogP) is 1.81. The summed E-state index contributed by atoms with van der Waals surface area (Å²) in [5, 5.41) is 11.2. The second-order valence-electron chi connectivity index (χ2n) is 5.54. The summed E-state index contributed by atoms with van der Waals surface area (Å²) >= 11 is 1.47. The molecule has 2 heterocycles. The highest BCUT2D eigenvalue weighted by Crippen LogP contribution is 2.31. The predicted molar refractivity (Wildman–Crippen MR) is 100 cm³/mol. The van der Waals surface area contributed by atoms with E-state index < -0.39 is 0 Å². The summed E-state index contributed by atoms with van der Waals surface area (Å²) in [6.45, 7) is 2.59. The zero-order valence-corrected chi connectivity index (χ0v) is 14.7. The highest BCUT2D eigenvalue weighted by molar-refractivity contribution is 7.19. The molecule has 0 amide bonds. The van der Waals surface area contributed by atoms with E-state index >= 15 is 0 Å². The molecule has 0 spiro atoms. The van der Waals surface area contributed by atoms with Crippen molar-refractivity contribution in [2.45, 2.75) is 6.92 Å². The van der Waals surface area contributed by atoms with Gasteiger partial charge in [0.1, 0.15) is 10.8 Å². The van der Waals surface area contributed by atoms with Crippen molar-refractivity contribution in [2.75, 3.05) is 19.7 Å². The van der Waals surface area contributed by atoms with Gasteiger partial charge in [-0.05, 0) is 24.6 Å². The molecular formula is C18H20N4O2S. The average Bonchev–Trinajstić information content (AvgIpc) is 3.15. The number of aromatic nitrogens is 1. The number of nitrogens with zero attached hydrogens (tertiary/aromatic N) is 2. The lowest BCUT2D eigenvalue weighted by Crippen LogP contribution is -2.39. The Kier molecular flexibility index (Phi) is 5.28. The Hall–Kier alpha value is -2.48. The largest absolute Gasteiger partial charge is 0.392 e. The molecule has 0 bridgehead atoms. The molecule has 25 heavy (non-hydrogen) atoms. The number of para-hydroxylation sites is 1. The third-order valence-electron chi connectivity index (χ3n) is 3.92. The van der Waals surface area contributed by atoms with Gasteiger partial charge in [-0.15, -0.1) is 11.3 Å². The standard InChI is InChI=1S/C18H20N4O2S/c1-2-12(6-5-9-23)10-20-22-11-14(24)16(17(22)19)18-21-13-7-3-4-8-15(13)25-18/h2-8,20,23H,9-11,19H2,1H3/b6-5-,12-2+. The van der Waals surface area contributed by atoms with Gasteiger partial charge in [0.05, 0.1) is 28.9 Å². The quantitative estimate of drug-likeness (QED) is 0.684. The molecule has 2 aromatic rings. The van der Waals surface area contributed by atoms with Crippen molar-refractivity contribution in [3.05, 3.63) is 58.9 Å². The molecule has 0 unspecified atom stereocenters. The van der Waals surface area contributed by atoms with Crippen LogP contribution in [0, 0.1) is 0 Å². The molecule has 1 aromatic carbocycles. The summed E-state index contributed by atoms with van der Waals surface area (Å²) in [4.78, 5) is 17.0. The number of fused-ring (bicyclic) bond motifs is 1. The van der Waals surface area contributed by atoms with Crippen molar-refractivity contribution >= 4 is 32.9 Å². The summed E-state index contributed by atoms with van der Waals surface area (Å²) in [5.74, 6) is 0.350. The van der Waals surface area contributed by atoms with Gasteiger partial charge in [0.2, 0.25) is 0 Å². The van der Waals surface area contributed by atoms with Gasteiger partial charge in [-0.2, -0.15) is 0 Å². The third kappa shape index (κ3) is 3.63. The number of hydrazine groups is 1. The van der Waals surface area contributed by atoms with E-state index in [1.165, 1.54) is 11.3 Å². The van der Waals surface area contributed by atoms with Gasteiger partial charge in [0.25, 0.3) is 0 Å². The first-order valence-corrected chi connectivity index (χ1v) is 8.78. The summed E-state index contributed by atoms with van der Waals surface area (Å²) in [7, 11) is 0. The highest BCUT2D eigenvalue weighted by atomic mass is 32.1. The van der Waals surface area contributed by atoms with Gasteiger partial charge in [0, 0.05) is 6.54 Å². The minimum absolute atomic E-state index is 0.0106. The van der Waals surface area contributed by atoms with Gasteiger partial charge in [-0.1, -0.05) is 30.4 Å². The molecule has 3 rings (SSSR count). The number of hydrogen-bond donors (Lipinski definition) is 3. The van der Waals surface area contributed by atoms with Crippen molar-refractivity contribution < 1.29 is 9.90 Å². The van der Waals surface area contributed by atoms with Crippen LogP contribution in [0.4, 0.5) is 0 Å². The van der Waals surface area contributed by atoms with Gasteiger partial charge in [0.15, 0.2) is 5.78 Å². The second-order valence-corrected chi connectivity index (χ2v) is 6.57. The Balaban J connectivity index is 1.80. The molecule has 130 valence electrons. The summed E-state index contributed by atoms with van der Waals surface area (Å²) in [5.41, 5.74) is 11.7. The topological polar surface area (TPSA) is 91.5 Å². The van der Waals surface area contributed by atoms with Crippen molar-refractivity contribution in [1.82, 2.24) is 15.4 Å². The van der Waals surface area contributed by atoms with E-state index in [0.29, 0.717) is 22.9 Å². The Morgan fingerprint density at radius 3 is 3.00 bits per heavy atom. The highest BCUT2D eigenvalue weighted by Gasteiger charge is 2.31. The van der Waals surface area contributed by atoms with Crippen LogP contribution >= 0.6 is 11.3 Å². The SMILES string of the molecule is C/C=C(\C=C/CO)CNN1CC(=O)C(c2nc3ccccc3s2)=C1N. The number of carbonyl (C=O) groups excluding carboxylic acids is 1. The Bertz CT molecular complexity index is 849. The first-order valence-electron chi connectivity index (χ1n) is 7.96. The monoisotopic (exact) mass is 356 g/mol. The first-order chi connectivity index (χ1) is 12.1. The molecule has 6 nitrogen and oxygen atoms in total. The van der Waals surface area contributed by atoms with Crippen molar-refractivity contribution in [1.29, 1.82) is 0 Å². The molecule has 0 saturated carbocycles. The van der Waals surface area contributed by atoms with Crippen LogP contribution in [-0.2, 0) is 4.79 Å². The van der Waals surface area contributed by atoms with E-state index in [-0.39, 0.29) is 18.9 Å². The molecule has 7 heteroatoms. The fourth-order valence-corrected chi connectivity index (χ4v) is 3.62. The lowest BCUT2D eigenvalue weighted by atomic mass is 10.2. The molecule has 1 aromatic heterocycles. The molecule has 4 N–H and O–H groups in total. The van der Waals surface area contributed by atoms with E-state index in [9.17, 15) is 4.79 Å². The maximum atomic E-state index is 12.4. The second kappa shape index (κ2) is 7.60. The van der Waals surface area contributed by atoms with Crippen LogP contribution in [-0.4, -0.2) is 40.6 Å². The van der Waals surface area contributed by atoms with E-state index in [0.717, 1.165) is 15.8 Å². The van der Waals surface area contributed by atoms with Crippen molar-refractivity contribution in [3.63, 3.8) is 0 Å². The number of aliphatic hydroxyl groups excluding tert-OH is 1. The molecule has 0 fully saturated rings. The van der Waals surface area contributed by atoms with Crippen LogP contribution < -0.4 is 11.2 Å². The van der Waals surface area contributed by atoms with Crippen LogP contribution in [0.5, 0.6) is 0 Å². The fraction of sp³-hybridized carbons (Fsp3) is 0.222. The van der Waals surface area contributed by atoms with E-state index in [2.05, 4.69) is 10.4 Å². The maximum absolute atomic E-state index is 12.4. The molecule has 1 aliphatic heterocycles. The number of nitrogens with two attached hydrogens (primary N) is 1. The van der Waals surface area contributed by atoms with Gasteiger partial charge < -0.3 is 10.8 Å². The first kappa shape index (κ1) is 17.3. The van der Waals surface area contributed by atoms with Crippen LogP contribution in [0.2, 0.25) is 0 Å². The Morgan fingerprint density at radius 1 is 1.48 bits per heavy atom. The minimum Gasteiger partial charge on any atom is -0.392 e. The number of thiazole rings is 1. The smallest absolute Gasteiger partial charge is 0.190 e. The number of rotatable bonds is 6. The number of nitrogens with one attached hydrogen (secondary N) is 1. The molecule has 0 saturated heterocycles. The Labute approximate surface area is 149 Å². The third-order valence-corrected chi connectivity index (χ3v) is 4.97. The summed E-state index contributed by atoms with van der Waals surface area (Å²) < 4.78 is 1.03. The summed E-state index contributed by atoms with van der Waals surface area (Å²) in [6.07, 6.45) is 5.43. The maximum Gasteiger partial charge on any atom is 0.190 e. The number of hydrogen-bond acceptors (Lipinski definition) is 7. The number of aliphatic hydroxyl groups is 1. The average molecular weight is 356 g/mol. The molecular weight excluding hydrogens is 336 g/mol. The zero-order chi connectivity index (χ0) is 17.8. The lowest BCUT2D eigenvalue weighted by Gasteiger charge is -2.20. The van der Waals surface area contributed by atoms with E-state index in [1.54, 1.807) is 11.1 Å². The molecule has 0 aliphatic carbocycles. The summed E-state index contributed by atoms with van der Waals surface area (Å²) in [6, 6.07) is 7.78. The molecule has 0 radical (unpaired) electrons. The fourth-order valence-electron chi connectivity index (χ4n) is 2.58. The number of allylic oxidation sites excluding steroid dienone is 1. The van der Waals surface area contributed by atoms with Crippen LogP contribution in [0.1, 0.15) is 11.9 Å². The van der Waals surface area contributed by atoms with Crippen molar-refractivity contribution in [3.8, 4) is 0 Å². The van der Waals surface area contributed by atoms with Crippen LogP contribution in [0.25, 0.3) is 15.8 Å². The van der Waals surface area contributed by atoms with Crippen LogP contribution in [0.15, 0.2) is 53.9 Å². The van der Waals surface area contributed by atoms with Gasteiger partial charge in [-0.3, -0.25) is 9.80 Å². The van der Waals surface area contributed by atoms with Crippen molar-refractivity contribution in [2.24, 2.45) is 5.73 Å². The number of Topliss-reactive ketones (excluding diaryl/α,β-unsaturated/α-hetero) is 1. The van der Waals surface area contributed by atoms with E-state index in [1.807, 2.05) is 43.3 Å². The minimum atomic E-state index is -0.0445. The van der Waals surface area contributed by atoms with Crippen LogP contribution in [0.3, 0.4) is 0 Å². The Morgan fingerprint density at radius 2 is 2.28 bits per heavy atom. The molecule has 1 aliphatic rings. The normalized spacial score (nSPS) is 16.0.